The first-order valence-electron chi connectivity index (χ1n) is 7.77. The smallest absolute Gasteiger partial charge is 0.283 e. The number of aryl methyl sites for hydroxylation is 1. The second kappa shape index (κ2) is 6.37. The molecule has 1 aliphatic rings. The van der Waals surface area contributed by atoms with Crippen LogP contribution in [0.4, 0.5) is 26.3 Å². The first kappa shape index (κ1) is 18.4. The van der Waals surface area contributed by atoms with Crippen LogP contribution in [0.2, 0.25) is 0 Å². The largest absolute Gasteiger partial charge is 0.486 e. The van der Waals surface area contributed by atoms with Crippen molar-refractivity contribution in [2.75, 3.05) is 6.61 Å². The molecule has 2 aromatic rings. The summed E-state index contributed by atoms with van der Waals surface area (Å²) in [5, 5.41) is 0. The molecule has 0 saturated carbocycles. The highest BCUT2D eigenvalue weighted by Gasteiger charge is 2.53. The van der Waals surface area contributed by atoms with Gasteiger partial charge in [-0.3, -0.25) is 0 Å². The van der Waals surface area contributed by atoms with Crippen LogP contribution >= 0.6 is 0 Å². The van der Waals surface area contributed by atoms with Crippen LogP contribution in [0.1, 0.15) is 28.2 Å². The second-order valence-electron chi connectivity index (χ2n) is 6.12. The van der Waals surface area contributed by atoms with E-state index in [1.165, 1.54) is 19.1 Å². The molecular formula is C19H14F6O. The van der Waals surface area contributed by atoms with Crippen molar-refractivity contribution in [1.82, 2.24) is 0 Å². The number of alkyl halides is 2. The third kappa shape index (κ3) is 2.66. The van der Waals surface area contributed by atoms with Gasteiger partial charge in [0.15, 0.2) is 23.2 Å². The van der Waals surface area contributed by atoms with Crippen LogP contribution in [-0.2, 0) is 12.3 Å². The van der Waals surface area contributed by atoms with Crippen molar-refractivity contribution in [3.05, 3.63) is 76.4 Å². The van der Waals surface area contributed by atoms with E-state index in [1.807, 2.05) is 0 Å². The molecule has 1 nitrogen and oxygen atoms in total. The van der Waals surface area contributed by atoms with E-state index >= 15 is 0 Å². The van der Waals surface area contributed by atoms with Crippen LogP contribution < -0.4 is 4.74 Å². The summed E-state index contributed by atoms with van der Waals surface area (Å²) in [7, 11) is 0. The predicted molar refractivity (Wildman–Crippen MR) is 83.5 cm³/mol. The topological polar surface area (TPSA) is 9.23 Å². The Morgan fingerprint density at radius 3 is 2.46 bits per heavy atom. The van der Waals surface area contributed by atoms with Crippen molar-refractivity contribution >= 4 is 0 Å². The van der Waals surface area contributed by atoms with Crippen molar-refractivity contribution in [1.29, 1.82) is 0 Å². The molecule has 0 radical (unpaired) electrons. The number of fused-ring (bicyclic) bond motifs is 1. The summed E-state index contributed by atoms with van der Waals surface area (Å²) >= 11 is 0. The van der Waals surface area contributed by atoms with E-state index in [-0.39, 0.29) is 17.7 Å². The van der Waals surface area contributed by atoms with E-state index < -0.39 is 58.4 Å². The second-order valence-corrected chi connectivity index (χ2v) is 6.12. The summed E-state index contributed by atoms with van der Waals surface area (Å²) in [5.41, 5.74) is -1.98. The molecule has 0 spiro atoms. The van der Waals surface area contributed by atoms with Crippen LogP contribution in [-0.4, -0.2) is 6.61 Å². The summed E-state index contributed by atoms with van der Waals surface area (Å²) in [6, 6.07) is 3.18. The van der Waals surface area contributed by atoms with Gasteiger partial charge in [0.1, 0.15) is 6.61 Å². The molecule has 1 unspecified atom stereocenters. The number of rotatable bonds is 4. The zero-order valence-corrected chi connectivity index (χ0v) is 13.7. The maximum Gasteiger partial charge on any atom is 0.283 e. The van der Waals surface area contributed by atoms with Crippen LogP contribution in [0.3, 0.4) is 0 Å². The van der Waals surface area contributed by atoms with Gasteiger partial charge in [-0.25, -0.2) is 22.0 Å². The van der Waals surface area contributed by atoms with E-state index in [0.717, 1.165) is 12.1 Å². The van der Waals surface area contributed by atoms with Crippen molar-refractivity contribution < 1.29 is 31.1 Å². The van der Waals surface area contributed by atoms with Gasteiger partial charge in [-0.1, -0.05) is 24.8 Å². The summed E-state index contributed by atoms with van der Waals surface area (Å²) in [4.78, 5) is 0. The van der Waals surface area contributed by atoms with Gasteiger partial charge in [0.2, 0.25) is 5.82 Å². The number of ether oxygens (including phenoxy) is 1. The molecule has 0 N–H and O–H groups in total. The highest BCUT2D eigenvalue weighted by atomic mass is 19.3. The van der Waals surface area contributed by atoms with E-state index in [0.29, 0.717) is 0 Å². The van der Waals surface area contributed by atoms with Crippen LogP contribution in [0.15, 0.2) is 30.9 Å². The summed E-state index contributed by atoms with van der Waals surface area (Å²) in [5.74, 6) is -12.2. The molecule has 7 heteroatoms. The van der Waals surface area contributed by atoms with Crippen molar-refractivity contribution in [2.24, 2.45) is 0 Å². The number of hydrogen-bond acceptors (Lipinski definition) is 1. The maximum absolute atomic E-state index is 14.8. The lowest BCUT2D eigenvalue weighted by atomic mass is 9.91. The lowest BCUT2D eigenvalue weighted by Crippen LogP contribution is -2.22. The van der Waals surface area contributed by atoms with Gasteiger partial charge in [-0.05, 0) is 30.5 Å². The van der Waals surface area contributed by atoms with Crippen molar-refractivity contribution in [2.45, 2.75) is 25.2 Å². The quantitative estimate of drug-likeness (QED) is 0.505. The third-order valence-electron chi connectivity index (χ3n) is 4.49. The van der Waals surface area contributed by atoms with Gasteiger partial charge in [-0.15, -0.1) is 0 Å². The Morgan fingerprint density at radius 2 is 1.81 bits per heavy atom. The van der Waals surface area contributed by atoms with Gasteiger partial charge in [0, 0.05) is 5.56 Å². The minimum absolute atomic E-state index is 0.0394. The van der Waals surface area contributed by atoms with E-state index in [2.05, 4.69) is 6.58 Å². The molecule has 0 bridgehead atoms. The summed E-state index contributed by atoms with van der Waals surface area (Å²) in [6.45, 7) is 4.51. The fourth-order valence-electron chi connectivity index (χ4n) is 3.19. The Bertz CT molecular complexity index is 890. The number of benzene rings is 2. The molecular weight excluding hydrogens is 358 g/mol. The highest BCUT2D eigenvalue weighted by Crippen LogP contribution is 2.54. The number of hydrogen-bond donors (Lipinski definition) is 0. The Kier molecular flexibility index (Phi) is 4.50. The molecule has 138 valence electrons. The van der Waals surface area contributed by atoms with Crippen LogP contribution in [0, 0.1) is 30.2 Å². The summed E-state index contributed by atoms with van der Waals surface area (Å²) in [6.07, 6.45) is 0.801. The molecule has 26 heavy (non-hydrogen) atoms. The van der Waals surface area contributed by atoms with Gasteiger partial charge < -0.3 is 4.74 Å². The minimum atomic E-state index is -3.90. The normalized spacial score (nSPS) is 17.9. The molecule has 0 saturated heterocycles. The van der Waals surface area contributed by atoms with Gasteiger partial charge in [-0.2, -0.15) is 4.39 Å². The van der Waals surface area contributed by atoms with E-state index in [1.54, 1.807) is 0 Å². The van der Waals surface area contributed by atoms with Gasteiger partial charge in [0.05, 0.1) is 11.5 Å². The van der Waals surface area contributed by atoms with E-state index in [4.69, 9.17) is 4.74 Å². The molecule has 0 aromatic heterocycles. The molecule has 0 amide bonds. The van der Waals surface area contributed by atoms with Gasteiger partial charge >= 0.3 is 0 Å². The third-order valence-corrected chi connectivity index (χ3v) is 4.49. The SMILES string of the molecule is C=CCOc1cc2c(c(F)c1F)C(F)(F)C(c1ccc(C)c(F)c1F)C2. The monoisotopic (exact) mass is 372 g/mol. The highest BCUT2D eigenvalue weighted by molar-refractivity contribution is 5.48. The molecule has 1 atom stereocenters. The molecule has 0 fully saturated rings. The van der Waals surface area contributed by atoms with Crippen molar-refractivity contribution in [3.8, 4) is 5.75 Å². The Hall–Kier alpha value is -2.44. The molecule has 0 heterocycles. The maximum atomic E-state index is 14.8. The lowest BCUT2D eigenvalue weighted by Gasteiger charge is -2.21. The molecule has 3 rings (SSSR count). The fourth-order valence-corrected chi connectivity index (χ4v) is 3.19. The predicted octanol–water partition coefficient (Wildman–Crippen LogP) is 5.55. The Morgan fingerprint density at radius 1 is 1.12 bits per heavy atom. The zero-order valence-electron chi connectivity index (χ0n) is 13.7. The minimum Gasteiger partial charge on any atom is -0.486 e. The average molecular weight is 372 g/mol. The van der Waals surface area contributed by atoms with Crippen molar-refractivity contribution in [3.63, 3.8) is 0 Å². The first-order valence-corrected chi connectivity index (χ1v) is 7.77. The molecule has 2 aromatic carbocycles. The Labute approximate surface area is 145 Å². The average Bonchev–Trinajstić information content (AvgIpc) is 2.85. The van der Waals surface area contributed by atoms with Gasteiger partial charge in [0.25, 0.3) is 5.92 Å². The van der Waals surface area contributed by atoms with Crippen LogP contribution in [0.5, 0.6) is 5.75 Å². The fraction of sp³-hybridized carbons (Fsp3) is 0.263. The first-order chi connectivity index (χ1) is 12.2. The lowest BCUT2D eigenvalue weighted by molar-refractivity contribution is -0.0266. The number of halogens is 6. The molecule has 0 aliphatic heterocycles. The van der Waals surface area contributed by atoms with E-state index in [9.17, 15) is 26.3 Å². The molecule has 1 aliphatic carbocycles. The standard InChI is InChI=1S/C19H14F6O/c1-3-6-26-13-8-10-7-12(11-5-4-9(2)15(20)16(11)21)19(24,25)14(10)18(23)17(13)22/h3-5,8,12H,1,6-7H2,2H3. The van der Waals surface area contributed by atoms with Crippen LogP contribution in [0.25, 0.3) is 0 Å². The summed E-state index contributed by atoms with van der Waals surface area (Å²) < 4.78 is 90.8. The Balaban J connectivity index is 2.12. The zero-order chi connectivity index (χ0) is 19.2.